The molecule has 7 heteroatoms. The fourth-order valence-corrected chi connectivity index (χ4v) is 3.66. The van der Waals surface area contributed by atoms with Gasteiger partial charge < -0.3 is 9.88 Å². The summed E-state index contributed by atoms with van der Waals surface area (Å²) in [6.45, 7) is 3.08. The molecule has 0 aliphatic carbocycles. The van der Waals surface area contributed by atoms with Crippen LogP contribution in [0.15, 0.2) is 65.6 Å². The third-order valence-electron chi connectivity index (χ3n) is 5.36. The molecule has 29 heavy (non-hydrogen) atoms. The lowest BCUT2D eigenvalue weighted by Crippen LogP contribution is -2.46. The molecule has 0 spiro atoms. The topological polar surface area (TPSA) is 83.9 Å². The number of rotatable bonds is 4. The molecule has 0 radical (unpaired) electrons. The van der Waals surface area contributed by atoms with E-state index < -0.39 is 0 Å². The Morgan fingerprint density at radius 3 is 2.45 bits per heavy atom. The summed E-state index contributed by atoms with van der Waals surface area (Å²) in [6, 6.07) is 17.3. The average Bonchev–Trinajstić information content (AvgIpc) is 3.12. The first kappa shape index (κ1) is 17.4. The summed E-state index contributed by atoms with van der Waals surface area (Å²) in [4.78, 5) is 33.8. The Bertz CT molecular complexity index is 1250. The zero-order valence-corrected chi connectivity index (χ0v) is 15.9. The first-order chi connectivity index (χ1) is 14.1. The van der Waals surface area contributed by atoms with Gasteiger partial charge in [0.25, 0.3) is 5.56 Å². The van der Waals surface area contributed by atoms with Gasteiger partial charge in [-0.15, -0.1) is 0 Å². The van der Waals surface area contributed by atoms with E-state index in [1.54, 1.807) is 17.8 Å². The van der Waals surface area contributed by atoms with E-state index in [9.17, 15) is 9.59 Å². The zero-order chi connectivity index (χ0) is 20.0. The van der Waals surface area contributed by atoms with Crippen molar-refractivity contribution >= 4 is 22.5 Å². The highest BCUT2D eigenvalue weighted by molar-refractivity contribution is 5.94. The Balaban J connectivity index is 1.42. The highest BCUT2D eigenvalue weighted by Crippen LogP contribution is 2.30. The summed E-state index contributed by atoms with van der Waals surface area (Å²) in [5.74, 6) is 0.874. The number of fused-ring (bicyclic) bond motifs is 1. The van der Waals surface area contributed by atoms with Crippen LogP contribution in [0.2, 0.25) is 0 Å². The lowest BCUT2D eigenvalue weighted by molar-refractivity contribution is 0.101. The number of carbonyl (C=O) groups is 1. The molecule has 2 aromatic carbocycles. The number of hydrogen-bond donors (Lipinski definition) is 1. The minimum atomic E-state index is -0.170. The molecular weight excluding hydrogens is 366 g/mol. The number of nitrogens with zero attached hydrogens (tertiary/aromatic N) is 4. The van der Waals surface area contributed by atoms with Crippen LogP contribution in [0.3, 0.4) is 0 Å². The SMILES string of the molecule is CC(=O)c1ccc(N2CC(c3nc4c(cnn4-c4ccccc4)c(=O)[nH]3)C2)cc1. The summed E-state index contributed by atoms with van der Waals surface area (Å²) in [7, 11) is 0. The fourth-order valence-electron chi connectivity index (χ4n) is 3.66. The van der Waals surface area contributed by atoms with Crippen LogP contribution in [-0.4, -0.2) is 38.6 Å². The number of ketones is 1. The molecule has 0 atom stereocenters. The standard InChI is InChI=1S/C22H19N5O2/c1-14(28)15-7-9-17(10-8-15)26-12-16(13-26)20-24-21-19(22(29)25-20)11-23-27(21)18-5-3-2-4-6-18/h2-11,16H,12-13H2,1H3,(H,24,25,29). The predicted octanol–water partition coefficient (Wildman–Crippen LogP) is 2.92. The molecule has 1 fully saturated rings. The number of anilines is 1. The minimum Gasteiger partial charge on any atom is -0.370 e. The maximum absolute atomic E-state index is 12.5. The van der Waals surface area contributed by atoms with E-state index in [1.165, 1.54) is 0 Å². The highest BCUT2D eigenvalue weighted by atomic mass is 16.1. The lowest BCUT2D eigenvalue weighted by atomic mass is 9.97. The number of H-pyrrole nitrogens is 1. The number of para-hydroxylation sites is 1. The monoisotopic (exact) mass is 385 g/mol. The van der Waals surface area contributed by atoms with Crippen molar-refractivity contribution in [2.75, 3.05) is 18.0 Å². The predicted molar refractivity (Wildman–Crippen MR) is 111 cm³/mol. The number of carbonyl (C=O) groups excluding carboxylic acids is 1. The van der Waals surface area contributed by atoms with Crippen molar-refractivity contribution < 1.29 is 4.79 Å². The van der Waals surface area contributed by atoms with Gasteiger partial charge in [0.1, 0.15) is 11.2 Å². The molecule has 1 N–H and O–H groups in total. The largest absolute Gasteiger partial charge is 0.370 e. The van der Waals surface area contributed by atoms with Crippen molar-refractivity contribution in [3.63, 3.8) is 0 Å². The molecule has 1 saturated heterocycles. The molecular formula is C22H19N5O2. The number of benzene rings is 2. The molecule has 0 unspecified atom stereocenters. The molecule has 0 saturated carbocycles. The van der Waals surface area contributed by atoms with Gasteiger partial charge in [-0.2, -0.15) is 5.10 Å². The van der Waals surface area contributed by atoms with E-state index in [0.29, 0.717) is 22.4 Å². The van der Waals surface area contributed by atoms with Crippen molar-refractivity contribution in [3.05, 3.63) is 82.5 Å². The second-order valence-corrected chi connectivity index (χ2v) is 7.29. The number of hydrogen-bond acceptors (Lipinski definition) is 5. The highest BCUT2D eigenvalue weighted by Gasteiger charge is 2.31. The smallest absolute Gasteiger partial charge is 0.262 e. The molecule has 1 aliphatic rings. The van der Waals surface area contributed by atoms with Crippen LogP contribution in [0, 0.1) is 0 Å². The van der Waals surface area contributed by atoms with Crippen LogP contribution < -0.4 is 10.5 Å². The first-order valence-corrected chi connectivity index (χ1v) is 9.49. The van der Waals surface area contributed by atoms with Gasteiger partial charge in [0, 0.05) is 24.3 Å². The van der Waals surface area contributed by atoms with Crippen molar-refractivity contribution in [2.45, 2.75) is 12.8 Å². The van der Waals surface area contributed by atoms with Crippen LogP contribution in [0.25, 0.3) is 16.7 Å². The number of aromatic nitrogens is 4. The van der Waals surface area contributed by atoms with Crippen molar-refractivity contribution in [2.24, 2.45) is 0 Å². The lowest BCUT2D eigenvalue weighted by Gasteiger charge is -2.40. The summed E-state index contributed by atoms with van der Waals surface area (Å²) >= 11 is 0. The van der Waals surface area contributed by atoms with Crippen molar-refractivity contribution in [3.8, 4) is 5.69 Å². The van der Waals surface area contributed by atoms with Gasteiger partial charge >= 0.3 is 0 Å². The van der Waals surface area contributed by atoms with E-state index in [0.717, 1.165) is 24.5 Å². The second kappa shape index (κ2) is 6.70. The van der Waals surface area contributed by atoms with E-state index in [1.807, 2.05) is 54.6 Å². The van der Waals surface area contributed by atoms with Crippen molar-refractivity contribution in [1.29, 1.82) is 0 Å². The summed E-state index contributed by atoms with van der Waals surface area (Å²) < 4.78 is 1.70. The normalized spacial score (nSPS) is 14.2. The number of aromatic amines is 1. The molecule has 5 rings (SSSR count). The van der Waals surface area contributed by atoms with Crippen LogP contribution in [0.1, 0.15) is 29.0 Å². The van der Waals surface area contributed by atoms with Gasteiger partial charge in [0.15, 0.2) is 11.4 Å². The summed E-state index contributed by atoms with van der Waals surface area (Å²) in [5.41, 5.74) is 3.03. The summed E-state index contributed by atoms with van der Waals surface area (Å²) in [6.07, 6.45) is 1.56. The maximum Gasteiger partial charge on any atom is 0.262 e. The number of nitrogens with one attached hydrogen (secondary N) is 1. The van der Waals surface area contributed by atoms with Gasteiger partial charge in [-0.3, -0.25) is 9.59 Å². The molecule has 144 valence electrons. The van der Waals surface area contributed by atoms with E-state index in [4.69, 9.17) is 4.98 Å². The van der Waals surface area contributed by atoms with Crippen molar-refractivity contribution in [1.82, 2.24) is 19.7 Å². The molecule has 0 bridgehead atoms. The Morgan fingerprint density at radius 1 is 1.03 bits per heavy atom. The Hall–Kier alpha value is -3.74. The third kappa shape index (κ3) is 3.00. The Morgan fingerprint density at radius 2 is 1.76 bits per heavy atom. The maximum atomic E-state index is 12.5. The van der Waals surface area contributed by atoms with E-state index in [2.05, 4.69) is 15.0 Å². The van der Waals surface area contributed by atoms with Crippen LogP contribution in [0.4, 0.5) is 5.69 Å². The average molecular weight is 385 g/mol. The summed E-state index contributed by atoms with van der Waals surface area (Å²) in [5, 5.41) is 4.83. The zero-order valence-electron chi connectivity index (χ0n) is 15.9. The minimum absolute atomic E-state index is 0.0585. The van der Waals surface area contributed by atoms with Crippen LogP contribution in [-0.2, 0) is 0 Å². The quantitative estimate of drug-likeness (QED) is 0.546. The molecule has 0 amide bonds. The molecule has 3 heterocycles. The molecule has 1 aliphatic heterocycles. The van der Waals surface area contributed by atoms with Crippen LogP contribution in [0.5, 0.6) is 0 Å². The van der Waals surface area contributed by atoms with E-state index >= 15 is 0 Å². The first-order valence-electron chi connectivity index (χ1n) is 9.49. The van der Waals surface area contributed by atoms with Crippen LogP contribution >= 0.6 is 0 Å². The van der Waals surface area contributed by atoms with Gasteiger partial charge in [-0.1, -0.05) is 18.2 Å². The van der Waals surface area contributed by atoms with E-state index in [-0.39, 0.29) is 17.3 Å². The number of Topliss-reactive ketones (excluding diaryl/α,β-unsaturated/α-hetero) is 1. The molecule has 2 aromatic heterocycles. The fraction of sp³-hybridized carbons (Fsp3) is 0.182. The third-order valence-corrected chi connectivity index (χ3v) is 5.36. The molecule has 7 nitrogen and oxygen atoms in total. The van der Waals surface area contributed by atoms with Gasteiger partial charge in [-0.05, 0) is 43.3 Å². The van der Waals surface area contributed by atoms with Gasteiger partial charge in [0.2, 0.25) is 0 Å². The van der Waals surface area contributed by atoms with Gasteiger partial charge in [0.05, 0.1) is 17.8 Å². The van der Waals surface area contributed by atoms with Gasteiger partial charge in [-0.25, -0.2) is 9.67 Å². The molecule has 4 aromatic rings. The second-order valence-electron chi connectivity index (χ2n) is 7.29. The Labute approximate surface area is 166 Å². The Kier molecular flexibility index (Phi) is 4.01.